The first-order valence-corrected chi connectivity index (χ1v) is 8.40. The average molecular weight is 297 g/mol. The molecule has 0 aliphatic carbocycles. The largest absolute Gasteiger partial charge is 0.480 e. The molecule has 2 unspecified atom stereocenters. The van der Waals surface area contributed by atoms with E-state index in [1.165, 1.54) is 45.2 Å². The van der Waals surface area contributed by atoms with Gasteiger partial charge in [0.25, 0.3) is 0 Å². The Morgan fingerprint density at radius 1 is 1.24 bits per heavy atom. The molecule has 0 amide bonds. The molecule has 2 saturated heterocycles. The van der Waals surface area contributed by atoms with Gasteiger partial charge in [-0.15, -0.1) is 0 Å². The number of carbonyl (C=O) groups is 1. The molecule has 0 bridgehead atoms. The SMILES string of the molecule is CC(CC(C)(N)C(=O)O)N1CCC(N2CCCCC2)CC1. The number of likely N-dealkylation sites (tertiary alicyclic amines) is 2. The second-order valence-corrected chi connectivity index (χ2v) is 7.14. The minimum Gasteiger partial charge on any atom is -0.480 e. The predicted molar refractivity (Wildman–Crippen MR) is 84.3 cm³/mol. The van der Waals surface area contributed by atoms with Gasteiger partial charge in [0, 0.05) is 12.1 Å². The molecule has 3 N–H and O–H groups in total. The molecule has 2 aliphatic heterocycles. The normalized spacial score (nSPS) is 27.2. The van der Waals surface area contributed by atoms with Gasteiger partial charge in [-0.05, 0) is 72.1 Å². The number of hydrogen-bond acceptors (Lipinski definition) is 4. The smallest absolute Gasteiger partial charge is 0.323 e. The Balaban J connectivity index is 1.79. The molecule has 0 aromatic heterocycles. The quantitative estimate of drug-likeness (QED) is 0.805. The number of hydrogen-bond donors (Lipinski definition) is 2. The zero-order chi connectivity index (χ0) is 15.5. The van der Waals surface area contributed by atoms with Crippen LogP contribution >= 0.6 is 0 Å². The fourth-order valence-corrected chi connectivity index (χ4v) is 3.81. The number of nitrogens with two attached hydrogens (primary N) is 1. The van der Waals surface area contributed by atoms with Crippen molar-refractivity contribution in [1.29, 1.82) is 0 Å². The molecular weight excluding hydrogens is 266 g/mol. The van der Waals surface area contributed by atoms with Crippen LogP contribution in [0.3, 0.4) is 0 Å². The second kappa shape index (κ2) is 7.07. The summed E-state index contributed by atoms with van der Waals surface area (Å²) in [7, 11) is 0. The fraction of sp³-hybridized carbons (Fsp3) is 0.938. The number of nitrogens with zero attached hydrogens (tertiary/aromatic N) is 2. The first-order valence-electron chi connectivity index (χ1n) is 8.40. The Bertz CT molecular complexity index is 345. The molecule has 122 valence electrons. The van der Waals surface area contributed by atoms with Gasteiger partial charge in [0.2, 0.25) is 0 Å². The summed E-state index contributed by atoms with van der Waals surface area (Å²) >= 11 is 0. The third-order valence-electron chi connectivity index (χ3n) is 5.24. The van der Waals surface area contributed by atoms with Crippen molar-refractivity contribution in [2.75, 3.05) is 26.2 Å². The molecule has 5 heteroatoms. The van der Waals surface area contributed by atoms with Crippen molar-refractivity contribution in [3.05, 3.63) is 0 Å². The van der Waals surface area contributed by atoms with E-state index in [2.05, 4.69) is 16.7 Å². The average Bonchev–Trinajstić information content (AvgIpc) is 2.48. The van der Waals surface area contributed by atoms with Gasteiger partial charge >= 0.3 is 5.97 Å². The Morgan fingerprint density at radius 3 is 2.33 bits per heavy atom. The highest BCUT2D eigenvalue weighted by atomic mass is 16.4. The Labute approximate surface area is 128 Å². The molecular formula is C16H31N3O2. The lowest BCUT2D eigenvalue weighted by Crippen LogP contribution is -2.53. The van der Waals surface area contributed by atoms with E-state index >= 15 is 0 Å². The molecule has 5 nitrogen and oxygen atoms in total. The number of carboxylic acid groups (broad SMARTS) is 1. The molecule has 2 rings (SSSR count). The Morgan fingerprint density at radius 2 is 1.81 bits per heavy atom. The van der Waals surface area contributed by atoms with Crippen molar-refractivity contribution in [3.8, 4) is 0 Å². The predicted octanol–water partition coefficient (Wildman–Crippen LogP) is 1.52. The monoisotopic (exact) mass is 297 g/mol. The Hall–Kier alpha value is -0.650. The van der Waals surface area contributed by atoms with E-state index in [1.807, 2.05) is 0 Å². The van der Waals surface area contributed by atoms with E-state index < -0.39 is 11.5 Å². The summed E-state index contributed by atoms with van der Waals surface area (Å²) in [5.74, 6) is -0.905. The van der Waals surface area contributed by atoms with Crippen molar-refractivity contribution < 1.29 is 9.90 Å². The lowest BCUT2D eigenvalue weighted by Gasteiger charge is -2.42. The number of carboxylic acids is 1. The van der Waals surface area contributed by atoms with Crippen molar-refractivity contribution in [1.82, 2.24) is 9.80 Å². The summed E-state index contributed by atoms with van der Waals surface area (Å²) in [6.07, 6.45) is 7.01. The van der Waals surface area contributed by atoms with E-state index in [0.29, 0.717) is 6.42 Å². The summed E-state index contributed by atoms with van der Waals surface area (Å²) in [5, 5.41) is 9.15. The third kappa shape index (κ3) is 4.41. The molecule has 0 saturated carbocycles. The lowest BCUT2D eigenvalue weighted by molar-refractivity contribution is -0.143. The van der Waals surface area contributed by atoms with E-state index in [-0.39, 0.29) is 6.04 Å². The Kier molecular flexibility index (Phi) is 5.63. The van der Waals surface area contributed by atoms with Gasteiger partial charge in [-0.1, -0.05) is 6.42 Å². The maximum absolute atomic E-state index is 11.1. The van der Waals surface area contributed by atoms with Crippen LogP contribution in [0.15, 0.2) is 0 Å². The topological polar surface area (TPSA) is 69.8 Å². The van der Waals surface area contributed by atoms with Crippen LogP contribution in [0.25, 0.3) is 0 Å². The first-order chi connectivity index (χ1) is 9.90. The van der Waals surface area contributed by atoms with Crippen LogP contribution in [0.2, 0.25) is 0 Å². The van der Waals surface area contributed by atoms with Crippen LogP contribution < -0.4 is 5.73 Å². The van der Waals surface area contributed by atoms with E-state index in [0.717, 1.165) is 19.1 Å². The molecule has 2 heterocycles. The highest BCUT2D eigenvalue weighted by Gasteiger charge is 2.34. The maximum Gasteiger partial charge on any atom is 0.323 e. The highest BCUT2D eigenvalue weighted by Crippen LogP contribution is 2.24. The van der Waals surface area contributed by atoms with Crippen LogP contribution in [-0.2, 0) is 4.79 Å². The van der Waals surface area contributed by atoms with Crippen LogP contribution in [-0.4, -0.2) is 64.7 Å². The van der Waals surface area contributed by atoms with Crippen molar-refractivity contribution >= 4 is 5.97 Å². The van der Waals surface area contributed by atoms with Gasteiger partial charge in [0.1, 0.15) is 5.54 Å². The standard InChI is InChI=1S/C16H31N3O2/c1-13(12-16(2,17)15(20)21)18-10-6-14(7-11-18)19-8-4-3-5-9-19/h13-14H,3-12,17H2,1-2H3,(H,20,21). The molecule has 2 atom stereocenters. The summed E-state index contributed by atoms with van der Waals surface area (Å²) in [4.78, 5) is 16.2. The number of piperidine rings is 2. The molecule has 21 heavy (non-hydrogen) atoms. The van der Waals surface area contributed by atoms with Crippen molar-refractivity contribution in [2.24, 2.45) is 5.73 Å². The minimum atomic E-state index is -1.12. The van der Waals surface area contributed by atoms with Gasteiger partial charge < -0.3 is 20.6 Å². The molecule has 0 radical (unpaired) electrons. The van der Waals surface area contributed by atoms with Gasteiger partial charge in [0.05, 0.1) is 0 Å². The van der Waals surface area contributed by atoms with Crippen LogP contribution in [0.1, 0.15) is 52.4 Å². The first kappa shape index (κ1) is 16.7. The number of rotatable bonds is 5. The number of aliphatic carboxylic acids is 1. The van der Waals surface area contributed by atoms with Crippen LogP contribution in [0, 0.1) is 0 Å². The summed E-state index contributed by atoms with van der Waals surface area (Å²) < 4.78 is 0. The lowest BCUT2D eigenvalue weighted by atomic mass is 9.92. The molecule has 2 fully saturated rings. The van der Waals surface area contributed by atoms with Crippen LogP contribution in [0.5, 0.6) is 0 Å². The summed E-state index contributed by atoms with van der Waals surface area (Å²) in [5.41, 5.74) is 4.76. The molecule has 0 aromatic carbocycles. The minimum absolute atomic E-state index is 0.235. The van der Waals surface area contributed by atoms with Crippen molar-refractivity contribution in [2.45, 2.75) is 70.0 Å². The van der Waals surface area contributed by atoms with Gasteiger partial charge in [0.15, 0.2) is 0 Å². The van der Waals surface area contributed by atoms with Gasteiger partial charge in [-0.3, -0.25) is 4.79 Å². The van der Waals surface area contributed by atoms with Crippen molar-refractivity contribution in [3.63, 3.8) is 0 Å². The van der Waals surface area contributed by atoms with E-state index in [9.17, 15) is 4.79 Å². The van der Waals surface area contributed by atoms with Gasteiger partial charge in [-0.2, -0.15) is 0 Å². The van der Waals surface area contributed by atoms with E-state index in [4.69, 9.17) is 10.8 Å². The highest BCUT2D eigenvalue weighted by molar-refractivity contribution is 5.77. The zero-order valence-corrected chi connectivity index (χ0v) is 13.6. The second-order valence-electron chi connectivity index (χ2n) is 7.14. The summed E-state index contributed by atoms with van der Waals surface area (Å²) in [6, 6.07) is 0.968. The van der Waals surface area contributed by atoms with Crippen LogP contribution in [0.4, 0.5) is 0 Å². The maximum atomic E-state index is 11.1. The zero-order valence-electron chi connectivity index (χ0n) is 13.6. The van der Waals surface area contributed by atoms with Gasteiger partial charge in [-0.25, -0.2) is 0 Å². The molecule has 0 spiro atoms. The third-order valence-corrected chi connectivity index (χ3v) is 5.24. The summed E-state index contributed by atoms with van der Waals surface area (Å²) in [6.45, 7) is 8.39. The molecule has 0 aromatic rings. The fourth-order valence-electron chi connectivity index (χ4n) is 3.81. The van der Waals surface area contributed by atoms with E-state index in [1.54, 1.807) is 6.92 Å². The molecule has 2 aliphatic rings.